The van der Waals surface area contributed by atoms with E-state index in [1.54, 1.807) is 6.20 Å². The van der Waals surface area contributed by atoms with Crippen LogP contribution in [0.5, 0.6) is 0 Å². The molecule has 3 heterocycles. The Kier molecular flexibility index (Phi) is 7.90. The highest BCUT2D eigenvalue weighted by atomic mass is 35.5. The van der Waals surface area contributed by atoms with Crippen LogP contribution >= 0.6 is 24.8 Å². The first-order valence-corrected chi connectivity index (χ1v) is 9.55. The van der Waals surface area contributed by atoms with E-state index in [1.165, 1.54) is 0 Å². The molecule has 0 radical (unpaired) electrons. The number of amides is 1. The zero-order chi connectivity index (χ0) is 19.2. The van der Waals surface area contributed by atoms with Gasteiger partial charge in [-0.15, -0.1) is 24.8 Å². The number of hydrogen-bond acceptors (Lipinski definition) is 4. The summed E-state index contributed by atoms with van der Waals surface area (Å²) < 4.78 is 1.90. The van der Waals surface area contributed by atoms with Gasteiger partial charge in [0.2, 0.25) is 0 Å². The van der Waals surface area contributed by atoms with Crippen LogP contribution in [0, 0.1) is 5.41 Å². The standard InChI is InChI=1S/C20H31N5O.2ClH/c1-12(2)16-9-14(15-10-22-25(13(3)4)18(15)23-16)19(26)24-8-7-17(21)20(5,6)11-24;;/h9-10,12-13,17H,7-8,11,21H2,1-6H3;2*1H. The topological polar surface area (TPSA) is 77.0 Å². The van der Waals surface area contributed by atoms with E-state index in [-0.39, 0.29) is 54.1 Å². The lowest BCUT2D eigenvalue weighted by atomic mass is 9.79. The van der Waals surface area contributed by atoms with Crippen LogP contribution < -0.4 is 5.73 Å². The Hall–Kier alpha value is -1.37. The Labute approximate surface area is 180 Å². The Morgan fingerprint density at radius 2 is 1.89 bits per heavy atom. The van der Waals surface area contributed by atoms with Gasteiger partial charge in [-0.1, -0.05) is 27.7 Å². The predicted molar refractivity (Wildman–Crippen MR) is 119 cm³/mol. The maximum atomic E-state index is 13.4. The highest BCUT2D eigenvalue weighted by Gasteiger charge is 2.36. The molecule has 0 spiro atoms. The smallest absolute Gasteiger partial charge is 0.254 e. The van der Waals surface area contributed by atoms with Crippen molar-refractivity contribution in [2.45, 2.75) is 66.0 Å². The van der Waals surface area contributed by atoms with Crippen molar-refractivity contribution in [2.24, 2.45) is 11.1 Å². The number of fused-ring (bicyclic) bond motifs is 1. The van der Waals surface area contributed by atoms with Crippen molar-refractivity contribution in [1.82, 2.24) is 19.7 Å². The van der Waals surface area contributed by atoms with Gasteiger partial charge in [0.05, 0.1) is 17.1 Å². The third kappa shape index (κ3) is 4.44. The van der Waals surface area contributed by atoms with Gasteiger partial charge >= 0.3 is 0 Å². The van der Waals surface area contributed by atoms with Gasteiger partial charge in [-0.25, -0.2) is 9.67 Å². The van der Waals surface area contributed by atoms with E-state index in [1.807, 2.05) is 15.6 Å². The van der Waals surface area contributed by atoms with Gasteiger partial charge in [0, 0.05) is 30.9 Å². The quantitative estimate of drug-likeness (QED) is 0.793. The molecule has 1 saturated heterocycles. The number of hydrogen-bond donors (Lipinski definition) is 1. The van der Waals surface area contributed by atoms with E-state index in [0.29, 0.717) is 18.7 Å². The summed E-state index contributed by atoms with van der Waals surface area (Å²) in [4.78, 5) is 20.1. The molecule has 1 atom stereocenters. The Morgan fingerprint density at radius 1 is 1.25 bits per heavy atom. The number of likely N-dealkylation sites (tertiary alicyclic amines) is 1. The Bertz CT molecular complexity index is 831. The highest BCUT2D eigenvalue weighted by molar-refractivity contribution is 6.05. The van der Waals surface area contributed by atoms with Gasteiger partial charge in [-0.05, 0) is 37.7 Å². The number of pyridine rings is 1. The number of piperidine rings is 1. The van der Waals surface area contributed by atoms with Crippen LogP contribution in [-0.2, 0) is 0 Å². The van der Waals surface area contributed by atoms with Crippen LogP contribution in [0.4, 0.5) is 0 Å². The minimum Gasteiger partial charge on any atom is -0.338 e. The number of nitrogens with zero attached hydrogens (tertiary/aromatic N) is 4. The summed E-state index contributed by atoms with van der Waals surface area (Å²) in [5.74, 6) is 0.301. The van der Waals surface area contributed by atoms with E-state index in [9.17, 15) is 4.79 Å². The molecule has 8 heteroatoms. The average Bonchev–Trinajstić information content (AvgIpc) is 2.99. The third-order valence-corrected chi connectivity index (χ3v) is 5.50. The number of carbonyl (C=O) groups excluding carboxylic acids is 1. The first-order valence-electron chi connectivity index (χ1n) is 9.55. The number of aromatic nitrogens is 3. The highest BCUT2D eigenvalue weighted by Crippen LogP contribution is 2.31. The molecule has 2 aromatic rings. The first kappa shape index (κ1) is 24.7. The zero-order valence-electron chi connectivity index (χ0n) is 17.6. The fourth-order valence-electron chi connectivity index (χ4n) is 3.61. The third-order valence-electron chi connectivity index (χ3n) is 5.50. The minimum absolute atomic E-state index is 0. The second-order valence-electron chi connectivity index (χ2n) is 8.78. The summed E-state index contributed by atoms with van der Waals surface area (Å²) in [6.45, 7) is 14.0. The van der Waals surface area contributed by atoms with Crippen molar-refractivity contribution in [3.8, 4) is 0 Å². The monoisotopic (exact) mass is 429 g/mol. The number of carbonyl (C=O) groups is 1. The normalized spacial score (nSPS) is 18.9. The van der Waals surface area contributed by atoms with Gasteiger partial charge in [0.1, 0.15) is 0 Å². The van der Waals surface area contributed by atoms with Crippen LogP contribution in [0.1, 0.15) is 76.0 Å². The Balaban J connectivity index is 0.00000196. The molecule has 1 amide bonds. The van der Waals surface area contributed by atoms with Crippen molar-refractivity contribution in [3.05, 3.63) is 23.5 Å². The van der Waals surface area contributed by atoms with Gasteiger partial charge in [-0.2, -0.15) is 5.10 Å². The van der Waals surface area contributed by atoms with E-state index in [4.69, 9.17) is 10.7 Å². The number of halogens is 2. The van der Waals surface area contributed by atoms with E-state index >= 15 is 0 Å². The molecule has 0 aromatic carbocycles. The van der Waals surface area contributed by atoms with Crippen LogP contribution in [0.2, 0.25) is 0 Å². The average molecular weight is 430 g/mol. The molecule has 1 aliphatic rings. The molecule has 1 unspecified atom stereocenters. The summed E-state index contributed by atoms with van der Waals surface area (Å²) in [7, 11) is 0. The molecule has 2 N–H and O–H groups in total. The van der Waals surface area contributed by atoms with E-state index in [0.717, 1.165) is 23.1 Å². The van der Waals surface area contributed by atoms with E-state index < -0.39 is 0 Å². The second-order valence-corrected chi connectivity index (χ2v) is 8.78. The van der Waals surface area contributed by atoms with Crippen molar-refractivity contribution in [2.75, 3.05) is 13.1 Å². The molecule has 6 nitrogen and oxygen atoms in total. The lowest BCUT2D eigenvalue weighted by molar-refractivity contribution is 0.0534. The molecule has 0 bridgehead atoms. The summed E-state index contributed by atoms with van der Waals surface area (Å²) >= 11 is 0. The van der Waals surface area contributed by atoms with Crippen molar-refractivity contribution in [1.29, 1.82) is 0 Å². The molecule has 3 rings (SSSR count). The molecule has 158 valence electrons. The van der Waals surface area contributed by atoms with Crippen LogP contribution in [0.25, 0.3) is 11.0 Å². The molecule has 28 heavy (non-hydrogen) atoms. The molecule has 0 saturated carbocycles. The van der Waals surface area contributed by atoms with Crippen LogP contribution in [0.3, 0.4) is 0 Å². The van der Waals surface area contributed by atoms with E-state index in [2.05, 4.69) is 46.6 Å². The van der Waals surface area contributed by atoms with Crippen LogP contribution in [0.15, 0.2) is 12.3 Å². The van der Waals surface area contributed by atoms with Gasteiger partial charge in [0.25, 0.3) is 5.91 Å². The number of rotatable bonds is 3. The molecule has 1 fully saturated rings. The molecule has 1 aliphatic heterocycles. The summed E-state index contributed by atoms with van der Waals surface area (Å²) in [6, 6.07) is 2.26. The van der Waals surface area contributed by atoms with Crippen LogP contribution in [-0.4, -0.2) is 44.7 Å². The predicted octanol–water partition coefficient (Wildman–Crippen LogP) is 4.18. The first-order chi connectivity index (χ1) is 12.1. The fraction of sp³-hybridized carbons (Fsp3) is 0.650. The molecule has 2 aromatic heterocycles. The summed E-state index contributed by atoms with van der Waals surface area (Å²) in [5, 5.41) is 5.32. The lowest BCUT2D eigenvalue weighted by Crippen LogP contribution is -2.54. The maximum Gasteiger partial charge on any atom is 0.254 e. The van der Waals surface area contributed by atoms with Crippen molar-refractivity contribution < 1.29 is 4.79 Å². The molecule has 0 aliphatic carbocycles. The summed E-state index contributed by atoms with van der Waals surface area (Å²) in [6.07, 6.45) is 2.61. The SMILES string of the molecule is CC(C)c1cc(C(=O)N2CCC(N)C(C)(C)C2)c2cnn(C(C)C)c2n1.Cl.Cl. The summed E-state index contributed by atoms with van der Waals surface area (Å²) in [5.41, 5.74) is 8.59. The van der Waals surface area contributed by atoms with Gasteiger partial charge in [0.15, 0.2) is 5.65 Å². The number of nitrogens with two attached hydrogens (primary N) is 1. The fourth-order valence-corrected chi connectivity index (χ4v) is 3.61. The van der Waals surface area contributed by atoms with Gasteiger partial charge in [-0.3, -0.25) is 4.79 Å². The van der Waals surface area contributed by atoms with Crippen molar-refractivity contribution >= 4 is 41.8 Å². The molecular formula is C20H33Cl2N5O. The maximum absolute atomic E-state index is 13.4. The lowest BCUT2D eigenvalue weighted by Gasteiger charge is -2.42. The van der Waals surface area contributed by atoms with Gasteiger partial charge < -0.3 is 10.6 Å². The zero-order valence-corrected chi connectivity index (χ0v) is 19.2. The minimum atomic E-state index is -0.0803. The largest absolute Gasteiger partial charge is 0.338 e. The van der Waals surface area contributed by atoms with Crippen molar-refractivity contribution in [3.63, 3.8) is 0 Å². The molecular weight excluding hydrogens is 397 g/mol. The Morgan fingerprint density at radius 3 is 2.43 bits per heavy atom. The second kappa shape index (κ2) is 8.97.